The molecule has 2 aromatic rings. The summed E-state index contributed by atoms with van der Waals surface area (Å²) < 4.78 is 5.12. The second-order valence-corrected chi connectivity index (χ2v) is 7.57. The van der Waals surface area contributed by atoms with Crippen LogP contribution in [0.25, 0.3) is 6.08 Å². The van der Waals surface area contributed by atoms with Gasteiger partial charge in [-0.15, -0.1) is 0 Å². The Morgan fingerprint density at radius 2 is 2.00 bits per heavy atom. The van der Waals surface area contributed by atoms with E-state index in [1.54, 1.807) is 31.4 Å². The summed E-state index contributed by atoms with van der Waals surface area (Å²) in [6, 6.07) is 12.4. The third-order valence-corrected chi connectivity index (χ3v) is 5.09. The Bertz CT molecular complexity index is 960. The lowest BCUT2D eigenvalue weighted by Gasteiger charge is -2.06. The number of methoxy groups -OCH3 is 1. The number of halogens is 2. The number of thiocarbonyl (C=S) groups is 1. The van der Waals surface area contributed by atoms with Crippen LogP contribution in [-0.2, 0) is 4.79 Å². The highest BCUT2D eigenvalue weighted by Gasteiger charge is 2.24. The Hall–Kier alpha value is -2.06. The second kappa shape index (κ2) is 8.75. The van der Waals surface area contributed by atoms with E-state index in [2.05, 4.69) is 15.6 Å². The number of aliphatic imine (C=N–C) groups is 1. The summed E-state index contributed by atoms with van der Waals surface area (Å²) in [5, 5.41) is 7.11. The number of carbonyl (C=O) groups excluding carboxylic acids is 1. The van der Waals surface area contributed by atoms with Crippen LogP contribution in [0, 0.1) is 0 Å². The van der Waals surface area contributed by atoms with Crippen LogP contribution in [0.3, 0.4) is 0 Å². The van der Waals surface area contributed by atoms with Gasteiger partial charge in [0.15, 0.2) is 10.3 Å². The number of benzene rings is 2. The van der Waals surface area contributed by atoms with Gasteiger partial charge < -0.3 is 15.4 Å². The molecule has 0 saturated carbocycles. The van der Waals surface area contributed by atoms with E-state index >= 15 is 0 Å². The number of hydrogen-bond acceptors (Lipinski definition) is 4. The van der Waals surface area contributed by atoms with Crippen LogP contribution in [0.15, 0.2) is 52.4 Å². The summed E-state index contributed by atoms with van der Waals surface area (Å²) in [7, 11) is 1.60. The van der Waals surface area contributed by atoms with Crippen LogP contribution in [0.4, 0.5) is 5.69 Å². The quantitative estimate of drug-likeness (QED) is 0.524. The van der Waals surface area contributed by atoms with Crippen molar-refractivity contribution in [2.75, 3.05) is 12.4 Å². The molecule has 1 saturated heterocycles. The number of amides is 1. The van der Waals surface area contributed by atoms with Gasteiger partial charge in [0.1, 0.15) is 5.75 Å². The molecule has 1 amide bonds. The monoisotopic (exact) mass is 437 g/mol. The van der Waals surface area contributed by atoms with Crippen molar-refractivity contribution < 1.29 is 9.53 Å². The minimum Gasteiger partial charge on any atom is -0.497 e. The van der Waals surface area contributed by atoms with E-state index in [4.69, 9.17) is 40.2 Å². The fourth-order valence-corrected chi connectivity index (χ4v) is 3.70. The first-order chi connectivity index (χ1) is 12.9. The van der Waals surface area contributed by atoms with Crippen LogP contribution in [0.1, 0.15) is 5.56 Å². The maximum atomic E-state index is 12.1. The van der Waals surface area contributed by atoms with Crippen LogP contribution < -0.4 is 15.4 Å². The number of anilines is 1. The lowest BCUT2D eigenvalue weighted by Crippen LogP contribution is -2.21. The van der Waals surface area contributed by atoms with E-state index in [1.165, 1.54) is 11.8 Å². The van der Waals surface area contributed by atoms with Crippen molar-refractivity contribution in [1.29, 1.82) is 0 Å². The predicted octanol–water partition coefficient (Wildman–Crippen LogP) is 4.96. The van der Waals surface area contributed by atoms with Gasteiger partial charge in [0.25, 0.3) is 5.91 Å². The van der Waals surface area contributed by atoms with Crippen molar-refractivity contribution in [2.45, 2.75) is 0 Å². The van der Waals surface area contributed by atoms with Crippen molar-refractivity contribution >= 4 is 75.1 Å². The summed E-state index contributed by atoms with van der Waals surface area (Å²) >= 11 is 18.4. The summed E-state index contributed by atoms with van der Waals surface area (Å²) in [5.74, 6) is 0.516. The molecule has 138 valence electrons. The standard InChI is InChI=1S/C18H13Cl2N3O2S2/c1-25-12-5-2-10(3-6-12)8-15-16(24)22-18(27-15)23-17(26)21-14-7-4-11(19)9-13(14)20/h2-9H,1H3,(H2,21,22,23,24,26)/b15-8+. The second-order valence-electron chi connectivity index (χ2n) is 5.31. The molecule has 0 aromatic heterocycles. The molecule has 0 radical (unpaired) electrons. The molecule has 3 rings (SSSR count). The molecule has 0 aliphatic carbocycles. The predicted molar refractivity (Wildman–Crippen MR) is 117 cm³/mol. The Morgan fingerprint density at radius 1 is 1.26 bits per heavy atom. The van der Waals surface area contributed by atoms with Gasteiger partial charge in [0, 0.05) is 5.02 Å². The first-order valence-corrected chi connectivity index (χ1v) is 9.62. The molecule has 1 fully saturated rings. The topological polar surface area (TPSA) is 62.7 Å². The lowest BCUT2D eigenvalue weighted by molar-refractivity contribution is -0.115. The third kappa shape index (κ3) is 5.23. The van der Waals surface area contributed by atoms with Gasteiger partial charge in [-0.05, 0) is 66.0 Å². The first kappa shape index (κ1) is 19.7. The highest BCUT2D eigenvalue weighted by Crippen LogP contribution is 2.28. The number of ether oxygens (including phenoxy) is 1. The minimum atomic E-state index is -0.234. The zero-order valence-corrected chi connectivity index (χ0v) is 17.1. The molecule has 27 heavy (non-hydrogen) atoms. The average molecular weight is 438 g/mol. The fraction of sp³-hybridized carbons (Fsp3) is 0.0556. The van der Waals surface area contributed by atoms with Gasteiger partial charge in [0.05, 0.1) is 22.7 Å². The van der Waals surface area contributed by atoms with Crippen molar-refractivity contribution in [1.82, 2.24) is 5.32 Å². The molecule has 1 aliphatic rings. The third-order valence-electron chi connectivity index (χ3n) is 3.44. The van der Waals surface area contributed by atoms with Crippen molar-refractivity contribution in [2.24, 2.45) is 4.99 Å². The SMILES string of the molecule is COc1ccc(/C=C2/S/C(=N/C(=S)Nc3ccc(Cl)cc3Cl)NC2=O)cc1. The zero-order chi connectivity index (χ0) is 19.4. The smallest absolute Gasteiger partial charge is 0.264 e. The number of nitrogens with zero attached hydrogens (tertiary/aromatic N) is 1. The minimum absolute atomic E-state index is 0.174. The summed E-state index contributed by atoms with van der Waals surface area (Å²) in [6.45, 7) is 0. The normalized spacial score (nSPS) is 16.5. The van der Waals surface area contributed by atoms with E-state index in [0.717, 1.165) is 11.3 Å². The molecule has 9 heteroatoms. The van der Waals surface area contributed by atoms with E-state index < -0.39 is 0 Å². The molecule has 0 bridgehead atoms. The lowest BCUT2D eigenvalue weighted by atomic mass is 10.2. The van der Waals surface area contributed by atoms with E-state index in [0.29, 0.717) is 25.8 Å². The molecule has 1 heterocycles. The van der Waals surface area contributed by atoms with Crippen LogP contribution >= 0.6 is 47.2 Å². The Kier molecular flexibility index (Phi) is 6.38. The number of hydrogen-bond donors (Lipinski definition) is 2. The maximum Gasteiger partial charge on any atom is 0.264 e. The van der Waals surface area contributed by atoms with E-state index in [9.17, 15) is 4.79 Å². The van der Waals surface area contributed by atoms with E-state index in [-0.39, 0.29) is 11.0 Å². The van der Waals surface area contributed by atoms with Crippen molar-refractivity contribution in [3.8, 4) is 5.75 Å². The average Bonchev–Trinajstić information content (AvgIpc) is 2.97. The Morgan fingerprint density at radius 3 is 2.67 bits per heavy atom. The summed E-state index contributed by atoms with van der Waals surface area (Å²) in [5.41, 5.74) is 1.46. The highest BCUT2D eigenvalue weighted by molar-refractivity contribution is 8.18. The maximum absolute atomic E-state index is 12.1. The van der Waals surface area contributed by atoms with Gasteiger partial charge in [0.2, 0.25) is 0 Å². The van der Waals surface area contributed by atoms with Gasteiger partial charge in [-0.1, -0.05) is 35.3 Å². The van der Waals surface area contributed by atoms with Gasteiger partial charge in [-0.2, -0.15) is 4.99 Å². The molecule has 5 nitrogen and oxygen atoms in total. The number of carbonyl (C=O) groups is 1. The number of rotatable bonds is 3. The molecule has 2 N–H and O–H groups in total. The number of amidine groups is 1. The first-order valence-electron chi connectivity index (χ1n) is 7.64. The van der Waals surface area contributed by atoms with Crippen LogP contribution in [-0.4, -0.2) is 23.3 Å². The molecular formula is C18H13Cl2N3O2S2. The van der Waals surface area contributed by atoms with Crippen molar-refractivity contribution in [3.63, 3.8) is 0 Å². The van der Waals surface area contributed by atoms with Crippen LogP contribution in [0.5, 0.6) is 5.75 Å². The number of nitrogens with one attached hydrogen (secondary N) is 2. The van der Waals surface area contributed by atoms with E-state index in [1.807, 2.05) is 24.3 Å². The summed E-state index contributed by atoms with van der Waals surface area (Å²) in [4.78, 5) is 16.9. The Labute approximate surface area is 175 Å². The molecule has 2 aromatic carbocycles. The molecular weight excluding hydrogens is 425 g/mol. The molecule has 0 spiro atoms. The van der Waals surface area contributed by atoms with Gasteiger partial charge in [-0.25, -0.2) is 0 Å². The highest BCUT2D eigenvalue weighted by atomic mass is 35.5. The fourth-order valence-electron chi connectivity index (χ4n) is 2.16. The number of thioether (sulfide) groups is 1. The van der Waals surface area contributed by atoms with Gasteiger partial charge in [-0.3, -0.25) is 4.79 Å². The zero-order valence-electron chi connectivity index (χ0n) is 14.0. The molecule has 1 aliphatic heterocycles. The van der Waals surface area contributed by atoms with Crippen LogP contribution in [0.2, 0.25) is 10.0 Å². The van der Waals surface area contributed by atoms with Gasteiger partial charge >= 0.3 is 0 Å². The molecule has 0 unspecified atom stereocenters. The largest absolute Gasteiger partial charge is 0.497 e. The Balaban J connectivity index is 1.70. The summed E-state index contributed by atoms with van der Waals surface area (Å²) in [6.07, 6.45) is 1.77. The van der Waals surface area contributed by atoms with Crippen molar-refractivity contribution in [3.05, 3.63) is 63.0 Å². The molecule has 0 atom stereocenters.